The first-order chi connectivity index (χ1) is 34.5. The van der Waals surface area contributed by atoms with Gasteiger partial charge in [-0.25, -0.2) is 8.37 Å². The number of rotatable bonds is 10. The zero-order valence-corrected chi connectivity index (χ0v) is 48.4. The van der Waals surface area contributed by atoms with Gasteiger partial charge in [0, 0.05) is 28.1 Å². The van der Waals surface area contributed by atoms with Crippen LogP contribution in [-0.2, 0) is 48.2 Å². The zero-order chi connectivity index (χ0) is 54.6. The van der Waals surface area contributed by atoms with E-state index in [1.54, 1.807) is 13.8 Å². The monoisotopic (exact) mass is 1090 g/mol. The number of aliphatic hydroxyl groups is 3. The highest BCUT2D eigenvalue weighted by Gasteiger charge is 2.75. The van der Waals surface area contributed by atoms with Gasteiger partial charge in [0.25, 0.3) is 0 Å². The highest BCUT2D eigenvalue weighted by molar-refractivity contribution is 7.81. The Hall–Kier alpha value is -1.35. The number of ether oxygens (including phenoxy) is 3. The molecule has 4 saturated heterocycles. The van der Waals surface area contributed by atoms with E-state index in [0.29, 0.717) is 36.5 Å². The maximum absolute atomic E-state index is 13.5. The molecule has 0 aromatic carbocycles. The largest absolute Gasteiger partial charge is 0.397 e. The lowest BCUT2D eigenvalue weighted by Gasteiger charge is -2.69. The van der Waals surface area contributed by atoms with E-state index in [1.807, 2.05) is 13.8 Å². The first kappa shape index (κ1) is 55.6. The number of fused-ring (bicyclic) bond motifs is 10. The fourth-order valence-electron chi connectivity index (χ4n) is 22.0. The van der Waals surface area contributed by atoms with Gasteiger partial charge in [-0.1, -0.05) is 84.6 Å². The van der Waals surface area contributed by atoms with E-state index in [4.69, 9.17) is 22.6 Å². The molecule has 4 saturated carbocycles. The standard InChI is InChI=1S/C58H90O15S2/c1-30(35-14-16-37-33-24-43(71-74(63,64)65)47-50(3,4)49(61)41(59)27-55(47,11)39(33)19-21-53(35,37)9)13-18-46-56(12)26-32(52(7,8)73-56)23-42(70-46)31(2)36-15-17-38-34-25-44(72-75(66,67)68)48-51(5,6)58(62)45(60)28-57(48,29-69-58)40(34)20-22-54(36,38)10/h30-32,35-38,41-48,59-60,62H,13-29H2,1-12H3,(H,63,64,65)(H,66,67,68)/t30-,31+,32-,35-,36-,37+,38+,41+,42-,43+,44+,45+,46+,47+,48+,53-,54-,55-,56-,57+,58+/m1/s1. The minimum Gasteiger partial charge on any atom is -0.387 e. The lowest BCUT2D eigenvalue weighted by atomic mass is 9.42. The Morgan fingerprint density at radius 2 is 1.29 bits per heavy atom. The molecule has 15 nitrogen and oxygen atoms in total. The van der Waals surface area contributed by atoms with Crippen molar-refractivity contribution in [3.8, 4) is 0 Å². The van der Waals surface area contributed by atoms with Crippen molar-refractivity contribution >= 4 is 26.6 Å². The highest BCUT2D eigenvalue weighted by atomic mass is 32.3. The van der Waals surface area contributed by atoms with Crippen LogP contribution in [0.2, 0.25) is 0 Å². The van der Waals surface area contributed by atoms with E-state index in [-0.39, 0.29) is 71.6 Å². The maximum atomic E-state index is 13.5. The van der Waals surface area contributed by atoms with E-state index in [1.165, 1.54) is 22.3 Å². The van der Waals surface area contributed by atoms with Gasteiger partial charge in [0.05, 0.1) is 42.2 Å². The van der Waals surface area contributed by atoms with Crippen molar-refractivity contribution in [3.05, 3.63) is 22.3 Å². The van der Waals surface area contributed by atoms with Crippen LogP contribution in [0.4, 0.5) is 0 Å². The van der Waals surface area contributed by atoms with E-state index in [9.17, 15) is 46.1 Å². The highest BCUT2D eigenvalue weighted by Crippen LogP contribution is 2.73. The average molecular weight is 1090 g/mol. The fourth-order valence-corrected chi connectivity index (χ4v) is 22.9. The van der Waals surface area contributed by atoms with Gasteiger partial charge in [-0.2, -0.15) is 16.8 Å². The summed E-state index contributed by atoms with van der Waals surface area (Å²) in [5, 5.41) is 34.5. The normalized spacial score (nSPS) is 50.3. The predicted octanol–water partition coefficient (Wildman–Crippen LogP) is 9.29. The molecule has 0 aromatic heterocycles. The summed E-state index contributed by atoms with van der Waals surface area (Å²) in [7, 11) is -9.68. The summed E-state index contributed by atoms with van der Waals surface area (Å²) < 4.78 is 102. The number of Topliss-reactive ketones (excluding diaryl/α,β-unsaturated/α-hetero) is 1. The van der Waals surface area contributed by atoms with Crippen molar-refractivity contribution in [1.29, 1.82) is 0 Å². The van der Waals surface area contributed by atoms with Crippen LogP contribution in [0.3, 0.4) is 0 Å². The first-order valence-electron chi connectivity index (χ1n) is 28.9. The molecule has 12 aliphatic rings. The molecule has 0 unspecified atom stereocenters. The zero-order valence-electron chi connectivity index (χ0n) is 46.8. The minimum absolute atomic E-state index is 0.00929. The summed E-state index contributed by atoms with van der Waals surface area (Å²) in [6.45, 7) is 25.8. The van der Waals surface area contributed by atoms with E-state index < -0.39 is 90.1 Å². The van der Waals surface area contributed by atoms with Gasteiger partial charge < -0.3 is 29.5 Å². The lowest BCUT2D eigenvalue weighted by Crippen LogP contribution is -2.76. The number of hydrogen-bond acceptors (Lipinski definition) is 13. The molecule has 8 aliphatic carbocycles. The Kier molecular flexibility index (Phi) is 12.8. The van der Waals surface area contributed by atoms with Crippen molar-refractivity contribution in [2.24, 2.45) is 85.8 Å². The lowest BCUT2D eigenvalue weighted by molar-refractivity contribution is -0.408. The predicted molar refractivity (Wildman–Crippen MR) is 278 cm³/mol. The molecule has 4 aliphatic heterocycles. The molecule has 5 N–H and O–H groups in total. The SMILES string of the molecule is C[C@@H]([C@H]1CC[C@H]2C3=C(CC[C@]12C)[C@@]12CO[C@@](O)([C@@H](O)C1)C(C)(C)[C@@H]2[C@@H](OS(=O)(=O)O)C3)[C@H]1C[C@@H]2C[C@@](C)(OC2(C)C)[C@H](CC[C@@H](C)[C@H]2CC[C@H]3C4=C(CC[C@]23C)[C@@]2(C)C[C@H](O)C(=O)C(C)(C)[C@@H]2[C@@H](OS(=O)(=O)O)C4)O1. The van der Waals surface area contributed by atoms with Crippen LogP contribution in [0.15, 0.2) is 22.3 Å². The second-order valence-electron chi connectivity index (χ2n) is 29.5. The van der Waals surface area contributed by atoms with Crippen LogP contribution in [0.25, 0.3) is 0 Å². The molecule has 0 amide bonds. The molecule has 17 heteroatoms. The third kappa shape index (κ3) is 8.02. The summed E-state index contributed by atoms with van der Waals surface area (Å²) >= 11 is 0. The van der Waals surface area contributed by atoms with Gasteiger partial charge in [0.2, 0.25) is 0 Å². The Labute approximate surface area is 447 Å². The number of aliphatic hydroxyl groups excluding tert-OH is 2. The third-order valence-electron chi connectivity index (χ3n) is 25.0. The van der Waals surface area contributed by atoms with Crippen molar-refractivity contribution in [3.63, 3.8) is 0 Å². The number of ketones is 1. The molecule has 1 spiro atoms. The molecule has 0 aromatic rings. The molecule has 8 fully saturated rings. The van der Waals surface area contributed by atoms with Gasteiger partial charge in [-0.3, -0.25) is 13.9 Å². The number of allylic oxidation sites excluding steroid dienone is 1. The van der Waals surface area contributed by atoms with Crippen LogP contribution in [0, 0.1) is 85.8 Å². The van der Waals surface area contributed by atoms with Crippen molar-refractivity contribution in [2.75, 3.05) is 6.61 Å². The molecule has 21 atom stereocenters. The summed E-state index contributed by atoms with van der Waals surface area (Å²) in [5.74, 6) is -1.32. The molecule has 424 valence electrons. The second kappa shape index (κ2) is 17.3. The third-order valence-corrected chi connectivity index (χ3v) is 25.9. The Morgan fingerprint density at radius 3 is 1.89 bits per heavy atom. The molecule has 0 radical (unpaired) electrons. The van der Waals surface area contributed by atoms with Gasteiger partial charge in [-0.05, 0) is 181 Å². The number of hydrogen-bond donors (Lipinski definition) is 5. The summed E-state index contributed by atoms with van der Waals surface area (Å²) in [5.41, 5.74) is 0.325. The van der Waals surface area contributed by atoms with Crippen LogP contribution in [-0.4, -0.2) is 107 Å². The van der Waals surface area contributed by atoms with Crippen LogP contribution in [0.5, 0.6) is 0 Å². The summed E-state index contributed by atoms with van der Waals surface area (Å²) in [6.07, 6.45) is 7.77. The summed E-state index contributed by atoms with van der Waals surface area (Å²) in [4.78, 5) is 13.5. The number of carbonyl (C=O) groups excluding carboxylic acids is 1. The molecular weight excluding hydrogens is 1000 g/mol. The van der Waals surface area contributed by atoms with Crippen LogP contribution >= 0.6 is 0 Å². The smallest absolute Gasteiger partial charge is 0.387 e. The van der Waals surface area contributed by atoms with Crippen molar-refractivity contribution in [1.82, 2.24) is 0 Å². The molecule has 4 heterocycles. The Balaban J connectivity index is 0.835. The molecule has 75 heavy (non-hydrogen) atoms. The van der Waals surface area contributed by atoms with Crippen molar-refractivity contribution in [2.45, 2.75) is 239 Å². The first-order valence-corrected chi connectivity index (χ1v) is 31.6. The second-order valence-corrected chi connectivity index (χ2v) is 31.6. The van der Waals surface area contributed by atoms with Crippen LogP contribution in [0.1, 0.15) is 186 Å². The number of carbonyl (C=O) groups is 1. The van der Waals surface area contributed by atoms with E-state index in [0.717, 1.165) is 77.0 Å². The van der Waals surface area contributed by atoms with Gasteiger partial charge in [0.15, 0.2) is 11.6 Å². The molecular formula is C58H90O15S2. The van der Waals surface area contributed by atoms with Gasteiger partial charge >= 0.3 is 20.8 Å². The molecule has 4 bridgehead atoms. The average Bonchev–Trinajstić information content (AvgIpc) is 3.86. The van der Waals surface area contributed by atoms with E-state index >= 15 is 0 Å². The minimum atomic E-state index is -4.85. The fraction of sp³-hybridized carbons (Fsp3) is 0.914. The van der Waals surface area contributed by atoms with Gasteiger partial charge in [0.1, 0.15) is 12.2 Å². The molecule has 12 rings (SSSR count). The Morgan fingerprint density at radius 1 is 0.733 bits per heavy atom. The topological polar surface area (TPSA) is 233 Å². The quantitative estimate of drug-likeness (QED) is 0.101. The summed E-state index contributed by atoms with van der Waals surface area (Å²) in [6, 6.07) is 0. The Bertz CT molecular complexity index is 2660. The maximum Gasteiger partial charge on any atom is 0.397 e. The van der Waals surface area contributed by atoms with Gasteiger partial charge in [-0.15, -0.1) is 0 Å². The van der Waals surface area contributed by atoms with E-state index in [2.05, 4.69) is 55.4 Å². The van der Waals surface area contributed by atoms with Crippen molar-refractivity contribution < 1.29 is 68.6 Å². The van der Waals surface area contributed by atoms with Crippen LogP contribution < -0.4 is 0 Å².